The minimum atomic E-state index is -0.388. The summed E-state index contributed by atoms with van der Waals surface area (Å²) in [4.78, 5) is 45.2. The fraction of sp³-hybridized carbons (Fsp3) is 0.423. The monoisotopic (exact) mass is 535 g/mol. The molecule has 2 aliphatic heterocycles. The summed E-state index contributed by atoms with van der Waals surface area (Å²) in [5.74, 6) is 0.00701. The molecule has 3 amide bonds. The second kappa shape index (κ2) is 10.6. The molecule has 0 radical (unpaired) electrons. The van der Waals surface area contributed by atoms with Crippen molar-refractivity contribution in [1.29, 1.82) is 0 Å². The normalized spacial score (nSPS) is 19.3. The van der Waals surface area contributed by atoms with Crippen molar-refractivity contribution in [3.05, 3.63) is 40.4 Å². The van der Waals surface area contributed by atoms with Crippen molar-refractivity contribution in [2.75, 3.05) is 44.7 Å². The first-order valence-electron chi connectivity index (χ1n) is 12.9. The number of nitrogens with zero attached hydrogens (tertiary/aromatic N) is 4. The zero-order valence-corrected chi connectivity index (χ0v) is 21.7. The Morgan fingerprint density at radius 1 is 1.24 bits per heavy atom. The van der Waals surface area contributed by atoms with Crippen molar-refractivity contribution >= 4 is 46.6 Å². The van der Waals surface area contributed by atoms with E-state index in [0.717, 1.165) is 62.8 Å². The SMILES string of the molecule is O=C1C/C(=C\c2cnn3c(NC4CC4)cc(-c4ccc(C(=O)NCCCN5CCOCC5)s4)nc23)C(=O)N1. The summed E-state index contributed by atoms with van der Waals surface area (Å²) in [5.41, 5.74) is 2.33. The number of carbonyl (C=O) groups excluding carboxylic acids is 3. The Labute approximate surface area is 223 Å². The van der Waals surface area contributed by atoms with Crippen LogP contribution >= 0.6 is 11.3 Å². The maximum atomic E-state index is 12.8. The average Bonchev–Trinajstić information content (AvgIpc) is 3.29. The van der Waals surface area contributed by atoms with Gasteiger partial charge in [0.15, 0.2) is 5.65 Å². The largest absolute Gasteiger partial charge is 0.379 e. The van der Waals surface area contributed by atoms with Crippen molar-refractivity contribution < 1.29 is 19.1 Å². The van der Waals surface area contributed by atoms with Gasteiger partial charge in [0.25, 0.3) is 11.8 Å². The van der Waals surface area contributed by atoms with Crippen molar-refractivity contribution in [3.63, 3.8) is 0 Å². The van der Waals surface area contributed by atoms with E-state index in [1.165, 1.54) is 11.3 Å². The smallest absolute Gasteiger partial charge is 0.261 e. The first kappa shape index (κ1) is 24.7. The number of nitrogens with one attached hydrogen (secondary N) is 3. The molecule has 38 heavy (non-hydrogen) atoms. The number of ether oxygens (including phenoxy) is 1. The number of hydrogen-bond donors (Lipinski definition) is 3. The molecule has 5 heterocycles. The highest BCUT2D eigenvalue weighted by atomic mass is 32.1. The molecular formula is C26H29N7O4S. The topological polar surface area (TPSA) is 130 Å². The number of morpholine rings is 1. The van der Waals surface area contributed by atoms with Gasteiger partial charge in [-0.25, -0.2) is 4.98 Å². The molecule has 0 unspecified atom stereocenters. The summed E-state index contributed by atoms with van der Waals surface area (Å²) in [6.07, 6.45) is 6.44. The van der Waals surface area contributed by atoms with Gasteiger partial charge in [-0.2, -0.15) is 9.61 Å². The van der Waals surface area contributed by atoms with Gasteiger partial charge in [-0.3, -0.25) is 24.6 Å². The summed E-state index contributed by atoms with van der Waals surface area (Å²) < 4.78 is 7.10. The lowest BCUT2D eigenvalue weighted by atomic mass is 10.1. The second-order valence-electron chi connectivity index (χ2n) is 9.73. The zero-order chi connectivity index (χ0) is 26.1. The van der Waals surface area contributed by atoms with Gasteiger partial charge in [-0.1, -0.05) is 0 Å². The Morgan fingerprint density at radius 3 is 2.84 bits per heavy atom. The van der Waals surface area contributed by atoms with Crippen LogP contribution in [-0.4, -0.2) is 82.7 Å². The number of aromatic nitrogens is 3. The van der Waals surface area contributed by atoms with Crippen molar-refractivity contribution in [1.82, 2.24) is 30.1 Å². The molecule has 11 nitrogen and oxygen atoms in total. The molecule has 1 saturated carbocycles. The van der Waals surface area contributed by atoms with Gasteiger partial charge < -0.3 is 15.4 Å². The van der Waals surface area contributed by atoms with Crippen LogP contribution in [0.5, 0.6) is 0 Å². The number of anilines is 1. The average molecular weight is 536 g/mol. The van der Waals surface area contributed by atoms with Gasteiger partial charge in [0.2, 0.25) is 5.91 Å². The van der Waals surface area contributed by atoms with Crippen LogP contribution in [0.3, 0.4) is 0 Å². The predicted molar refractivity (Wildman–Crippen MR) is 143 cm³/mol. The van der Waals surface area contributed by atoms with E-state index < -0.39 is 0 Å². The minimum Gasteiger partial charge on any atom is -0.379 e. The Hall–Kier alpha value is -3.61. The molecule has 3 N–H and O–H groups in total. The van der Waals surface area contributed by atoms with Crippen LogP contribution in [0.15, 0.2) is 30.0 Å². The Morgan fingerprint density at radius 2 is 2.08 bits per heavy atom. The molecule has 3 aromatic heterocycles. The van der Waals surface area contributed by atoms with Gasteiger partial charge in [0, 0.05) is 42.9 Å². The van der Waals surface area contributed by atoms with Crippen LogP contribution in [0.2, 0.25) is 0 Å². The van der Waals surface area contributed by atoms with E-state index in [-0.39, 0.29) is 24.1 Å². The number of hydrogen-bond acceptors (Lipinski definition) is 9. The van der Waals surface area contributed by atoms with Crippen molar-refractivity contribution in [3.8, 4) is 10.6 Å². The van der Waals surface area contributed by atoms with Crippen LogP contribution in [0, 0.1) is 0 Å². The molecule has 0 atom stereocenters. The Bertz CT molecular complexity index is 1420. The highest BCUT2D eigenvalue weighted by molar-refractivity contribution is 7.17. The number of thiophene rings is 1. The maximum absolute atomic E-state index is 12.8. The third-order valence-corrected chi connectivity index (χ3v) is 7.88. The summed E-state index contributed by atoms with van der Waals surface area (Å²) in [7, 11) is 0. The molecule has 1 aliphatic carbocycles. The van der Waals surface area contributed by atoms with Crippen LogP contribution in [-0.2, 0) is 14.3 Å². The van der Waals surface area contributed by atoms with Gasteiger partial charge >= 0.3 is 0 Å². The molecule has 0 spiro atoms. The molecule has 0 bridgehead atoms. The van der Waals surface area contributed by atoms with Crippen LogP contribution in [0.1, 0.15) is 40.9 Å². The summed E-state index contributed by atoms with van der Waals surface area (Å²) in [5, 5.41) is 13.3. The molecule has 2 saturated heterocycles. The van der Waals surface area contributed by atoms with Crippen LogP contribution in [0.4, 0.5) is 5.82 Å². The molecule has 6 rings (SSSR count). The fourth-order valence-corrected chi connectivity index (χ4v) is 5.45. The van der Waals surface area contributed by atoms with Gasteiger partial charge in [0.1, 0.15) is 5.82 Å². The molecule has 198 valence electrons. The molecular weight excluding hydrogens is 506 g/mol. The van der Waals surface area contributed by atoms with E-state index in [4.69, 9.17) is 9.72 Å². The first-order valence-corrected chi connectivity index (χ1v) is 13.7. The lowest BCUT2D eigenvalue weighted by molar-refractivity contribution is -0.124. The number of imide groups is 1. The third-order valence-electron chi connectivity index (χ3n) is 6.78. The third kappa shape index (κ3) is 5.47. The summed E-state index contributed by atoms with van der Waals surface area (Å²) in [6.45, 7) is 4.99. The van der Waals surface area contributed by atoms with E-state index >= 15 is 0 Å². The van der Waals surface area contributed by atoms with E-state index in [9.17, 15) is 14.4 Å². The quantitative estimate of drug-likeness (QED) is 0.215. The summed E-state index contributed by atoms with van der Waals surface area (Å²) in [6, 6.07) is 6.06. The highest BCUT2D eigenvalue weighted by Gasteiger charge is 2.26. The van der Waals surface area contributed by atoms with Gasteiger partial charge in [0.05, 0.1) is 41.3 Å². The number of amides is 3. The molecule has 3 fully saturated rings. The Balaban J connectivity index is 1.20. The molecule has 3 aliphatic rings. The number of fused-ring (bicyclic) bond motifs is 1. The van der Waals surface area contributed by atoms with Crippen LogP contribution < -0.4 is 16.0 Å². The lowest BCUT2D eigenvalue weighted by Gasteiger charge is -2.26. The Kier molecular flexibility index (Phi) is 6.92. The maximum Gasteiger partial charge on any atom is 0.261 e. The standard InChI is InChI=1S/C26H29N7O4S/c34-23-13-16(25(35)31-23)12-17-15-28-33-22(29-18-2-3-18)14-19(30-24(17)33)20-4-5-21(38-20)26(36)27-6-1-7-32-8-10-37-11-9-32/h4-5,12,14-15,18,29H,1-3,6-11,13H2,(H,27,36)(H,31,34,35)/b16-12+. The van der Waals surface area contributed by atoms with Crippen molar-refractivity contribution in [2.24, 2.45) is 0 Å². The van der Waals surface area contributed by atoms with E-state index in [1.807, 2.05) is 18.2 Å². The minimum absolute atomic E-state index is 0.0406. The second-order valence-corrected chi connectivity index (χ2v) is 10.8. The van der Waals surface area contributed by atoms with Crippen LogP contribution in [0.25, 0.3) is 22.3 Å². The lowest BCUT2D eigenvalue weighted by Crippen LogP contribution is -2.38. The molecule has 12 heteroatoms. The predicted octanol–water partition coefficient (Wildman–Crippen LogP) is 1.91. The zero-order valence-electron chi connectivity index (χ0n) is 20.9. The van der Waals surface area contributed by atoms with Crippen molar-refractivity contribution in [2.45, 2.75) is 31.7 Å². The van der Waals surface area contributed by atoms with E-state index in [2.05, 4.69) is 25.9 Å². The fourth-order valence-electron chi connectivity index (χ4n) is 4.57. The van der Waals surface area contributed by atoms with Gasteiger partial charge in [-0.15, -0.1) is 11.3 Å². The number of rotatable bonds is 9. The van der Waals surface area contributed by atoms with Gasteiger partial charge in [-0.05, 0) is 44.0 Å². The molecule has 0 aromatic carbocycles. The van der Waals surface area contributed by atoms with E-state index in [1.54, 1.807) is 16.8 Å². The number of carbonyl (C=O) groups is 3. The highest BCUT2D eigenvalue weighted by Crippen LogP contribution is 2.32. The molecule has 3 aromatic rings. The van der Waals surface area contributed by atoms with E-state index in [0.29, 0.717) is 39.9 Å². The first-order chi connectivity index (χ1) is 18.5. The summed E-state index contributed by atoms with van der Waals surface area (Å²) >= 11 is 1.39.